The van der Waals surface area contributed by atoms with Crippen LogP contribution in [0.4, 0.5) is 0 Å². The molecule has 2 heteroatoms. The van der Waals surface area contributed by atoms with Crippen molar-refractivity contribution in [3.8, 4) is 0 Å². The average molecular weight is 113 g/mol. The molecule has 0 N–H and O–H groups in total. The molecule has 0 bridgehead atoms. The number of carbonyl (C=O) groups is 1. The van der Waals surface area contributed by atoms with Crippen molar-refractivity contribution >= 4 is 5.97 Å². The van der Waals surface area contributed by atoms with Gasteiger partial charge in [0, 0.05) is 6.42 Å². The first-order chi connectivity index (χ1) is 3.81. The molecule has 0 aliphatic rings. The van der Waals surface area contributed by atoms with Gasteiger partial charge in [0.1, 0.15) is 0 Å². The highest BCUT2D eigenvalue weighted by Crippen LogP contribution is 1.89. The van der Waals surface area contributed by atoms with Crippen LogP contribution in [0.2, 0.25) is 0 Å². The topological polar surface area (TPSA) is 26.3 Å². The van der Waals surface area contributed by atoms with E-state index >= 15 is 0 Å². The Morgan fingerprint density at radius 1 is 1.75 bits per heavy atom. The Morgan fingerprint density at radius 3 is 2.75 bits per heavy atom. The average Bonchev–Trinajstić information content (AvgIpc) is 1.68. The van der Waals surface area contributed by atoms with Gasteiger partial charge in [-0.05, 0) is 6.42 Å². The predicted octanol–water partition coefficient (Wildman–Crippen LogP) is 1.29. The van der Waals surface area contributed by atoms with Crippen LogP contribution in [0.15, 0.2) is 12.8 Å². The van der Waals surface area contributed by atoms with E-state index in [-0.39, 0.29) is 5.97 Å². The maximum Gasteiger partial charge on any atom is 0.310 e. The van der Waals surface area contributed by atoms with E-state index in [0.717, 1.165) is 6.26 Å². The summed E-state index contributed by atoms with van der Waals surface area (Å²) in [5.41, 5.74) is 0. The van der Waals surface area contributed by atoms with Crippen LogP contribution in [-0.4, -0.2) is 5.97 Å². The molecule has 0 unspecified atom stereocenters. The Balaban J connectivity index is 3.18. The molecule has 0 spiro atoms. The lowest BCUT2D eigenvalue weighted by Gasteiger charge is -1.92. The van der Waals surface area contributed by atoms with Gasteiger partial charge in [0.05, 0.1) is 6.26 Å². The summed E-state index contributed by atoms with van der Waals surface area (Å²) in [5.74, 6) is -0.269. The summed E-state index contributed by atoms with van der Waals surface area (Å²) < 4.78 is 4.37. The third-order valence-electron chi connectivity index (χ3n) is 0.596. The monoisotopic (exact) mass is 113 g/mol. The molecule has 0 saturated carbocycles. The quantitative estimate of drug-likeness (QED) is 0.407. The van der Waals surface area contributed by atoms with Crippen molar-refractivity contribution < 1.29 is 9.53 Å². The van der Waals surface area contributed by atoms with Gasteiger partial charge in [-0.3, -0.25) is 4.79 Å². The second-order valence-corrected chi connectivity index (χ2v) is 1.26. The molecule has 0 fully saturated rings. The first kappa shape index (κ1) is 7.21. The summed E-state index contributed by atoms with van der Waals surface area (Å²) in [5, 5.41) is 0. The Hall–Kier alpha value is -0.790. The highest BCUT2D eigenvalue weighted by molar-refractivity contribution is 5.69. The molecule has 0 atom stereocenters. The van der Waals surface area contributed by atoms with Crippen LogP contribution in [0.5, 0.6) is 0 Å². The molecule has 0 aromatic heterocycles. The Kier molecular flexibility index (Phi) is 3.94. The van der Waals surface area contributed by atoms with Crippen molar-refractivity contribution in [3.05, 3.63) is 19.8 Å². The number of hydrogen-bond acceptors (Lipinski definition) is 2. The molecule has 0 heterocycles. The molecule has 0 aromatic carbocycles. The van der Waals surface area contributed by atoms with E-state index < -0.39 is 0 Å². The maximum absolute atomic E-state index is 10.3. The Bertz CT molecular complexity index is 86.5. The third kappa shape index (κ3) is 3.40. The van der Waals surface area contributed by atoms with E-state index in [1.54, 1.807) is 0 Å². The van der Waals surface area contributed by atoms with E-state index in [4.69, 9.17) is 0 Å². The van der Waals surface area contributed by atoms with Crippen LogP contribution in [0.1, 0.15) is 12.8 Å². The van der Waals surface area contributed by atoms with Crippen LogP contribution in [-0.2, 0) is 9.53 Å². The fourth-order valence-electron chi connectivity index (χ4n) is 0.296. The summed E-state index contributed by atoms with van der Waals surface area (Å²) >= 11 is 0. The maximum atomic E-state index is 10.3. The van der Waals surface area contributed by atoms with Gasteiger partial charge in [-0.2, -0.15) is 0 Å². The van der Waals surface area contributed by atoms with E-state index in [0.29, 0.717) is 12.8 Å². The molecular formula is C6H9O2. The minimum absolute atomic E-state index is 0.269. The van der Waals surface area contributed by atoms with Gasteiger partial charge in [0.15, 0.2) is 0 Å². The van der Waals surface area contributed by atoms with Gasteiger partial charge in [-0.15, -0.1) is 0 Å². The summed E-state index contributed by atoms with van der Waals surface area (Å²) in [6.07, 6.45) is 2.07. The number of ether oxygens (including phenoxy) is 1. The minimum atomic E-state index is -0.269. The van der Waals surface area contributed by atoms with E-state index in [1.807, 2.05) is 0 Å². The largest absolute Gasteiger partial charge is 0.435 e. The first-order valence-corrected chi connectivity index (χ1v) is 2.41. The molecule has 0 aliphatic carbocycles. The Morgan fingerprint density at radius 2 is 2.38 bits per heavy atom. The highest BCUT2D eigenvalue weighted by Gasteiger charge is 1.94. The number of hydrogen-bond donors (Lipinski definition) is 0. The SMILES string of the molecule is [CH2]CCC(=O)OC=C. The predicted molar refractivity (Wildman–Crippen MR) is 30.9 cm³/mol. The van der Waals surface area contributed by atoms with Crippen molar-refractivity contribution in [1.29, 1.82) is 0 Å². The van der Waals surface area contributed by atoms with Gasteiger partial charge < -0.3 is 4.74 Å². The van der Waals surface area contributed by atoms with Crippen LogP contribution >= 0.6 is 0 Å². The fraction of sp³-hybridized carbons (Fsp3) is 0.333. The molecular weight excluding hydrogens is 104 g/mol. The molecule has 8 heavy (non-hydrogen) atoms. The van der Waals surface area contributed by atoms with Crippen LogP contribution in [0.3, 0.4) is 0 Å². The van der Waals surface area contributed by atoms with Crippen molar-refractivity contribution in [2.45, 2.75) is 12.8 Å². The first-order valence-electron chi connectivity index (χ1n) is 2.41. The number of esters is 1. The second kappa shape index (κ2) is 4.37. The molecule has 1 radical (unpaired) electrons. The van der Waals surface area contributed by atoms with Gasteiger partial charge in [0.25, 0.3) is 0 Å². The van der Waals surface area contributed by atoms with Gasteiger partial charge in [0.2, 0.25) is 0 Å². The lowest BCUT2D eigenvalue weighted by atomic mass is 10.3. The molecule has 0 rings (SSSR count). The fourth-order valence-corrected chi connectivity index (χ4v) is 0.296. The highest BCUT2D eigenvalue weighted by atomic mass is 16.5. The van der Waals surface area contributed by atoms with Gasteiger partial charge in [-0.1, -0.05) is 13.5 Å². The zero-order chi connectivity index (χ0) is 6.41. The lowest BCUT2D eigenvalue weighted by Crippen LogP contribution is -1.96. The van der Waals surface area contributed by atoms with Crippen molar-refractivity contribution in [2.75, 3.05) is 0 Å². The van der Waals surface area contributed by atoms with Crippen LogP contribution in [0, 0.1) is 6.92 Å². The van der Waals surface area contributed by atoms with Crippen molar-refractivity contribution in [1.82, 2.24) is 0 Å². The minimum Gasteiger partial charge on any atom is -0.435 e. The molecule has 2 nitrogen and oxygen atoms in total. The van der Waals surface area contributed by atoms with Crippen molar-refractivity contribution in [3.63, 3.8) is 0 Å². The Labute approximate surface area is 49.1 Å². The summed E-state index contributed by atoms with van der Waals surface area (Å²) in [4.78, 5) is 10.3. The molecule has 0 aliphatic heterocycles. The van der Waals surface area contributed by atoms with Crippen LogP contribution < -0.4 is 0 Å². The van der Waals surface area contributed by atoms with E-state index in [2.05, 4.69) is 18.2 Å². The van der Waals surface area contributed by atoms with E-state index in [1.165, 1.54) is 0 Å². The third-order valence-corrected chi connectivity index (χ3v) is 0.596. The molecule has 0 amide bonds. The smallest absolute Gasteiger partial charge is 0.310 e. The molecule has 45 valence electrons. The molecule has 0 saturated heterocycles. The van der Waals surface area contributed by atoms with E-state index in [9.17, 15) is 4.79 Å². The van der Waals surface area contributed by atoms with Crippen LogP contribution in [0.25, 0.3) is 0 Å². The normalized spacial score (nSPS) is 8.12. The standard InChI is InChI=1S/C6H9O2/c1-3-5-6(7)8-4-2/h4H,1-3,5H2. The number of rotatable bonds is 3. The van der Waals surface area contributed by atoms with Crippen molar-refractivity contribution in [2.24, 2.45) is 0 Å². The van der Waals surface area contributed by atoms with Gasteiger partial charge in [-0.25, -0.2) is 0 Å². The molecule has 0 aromatic rings. The summed E-state index contributed by atoms with van der Waals surface area (Å²) in [6.45, 7) is 6.69. The number of carbonyl (C=O) groups excluding carboxylic acids is 1. The second-order valence-electron chi connectivity index (χ2n) is 1.26. The lowest BCUT2D eigenvalue weighted by molar-refractivity contribution is -0.137. The zero-order valence-corrected chi connectivity index (χ0v) is 4.72. The summed E-state index contributed by atoms with van der Waals surface area (Å²) in [6, 6.07) is 0. The summed E-state index contributed by atoms with van der Waals surface area (Å²) in [7, 11) is 0. The van der Waals surface area contributed by atoms with Gasteiger partial charge >= 0.3 is 5.97 Å². The zero-order valence-electron chi connectivity index (χ0n) is 4.72.